The molecule has 11 aromatic rings. The number of aromatic nitrogens is 1. The first-order chi connectivity index (χ1) is 32.8. The van der Waals surface area contributed by atoms with E-state index in [1.807, 2.05) is 0 Å². The minimum atomic E-state index is 0.571. The lowest BCUT2D eigenvalue weighted by molar-refractivity contribution is 0.445. The first-order valence-corrected chi connectivity index (χ1v) is 23.6. The van der Waals surface area contributed by atoms with Crippen molar-refractivity contribution in [3.8, 4) is 50.2 Å². The highest BCUT2D eigenvalue weighted by Crippen LogP contribution is 2.48. The lowest BCUT2D eigenvalue weighted by Gasteiger charge is -2.31. The summed E-state index contributed by atoms with van der Waals surface area (Å²) in [5.74, 6) is 0.571. The van der Waals surface area contributed by atoms with E-state index in [4.69, 9.17) is 0 Å². The Hall–Kier alpha value is -7.94. The molecular formula is C64H50N2. The van der Waals surface area contributed by atoms with Crippen molar-refractivity contribution in [3.05, 3.63) is 242 Å². The molecule has 0 radical (unpaired) electrons. The van der Waals surface area contributed by atoms with Gasteiger partial charge in [-0.15, -0.1) is 0 Å². The van der Waals surface area contributed by atoms with Gasteiger partial charge in [-0.25, -0.2) is 0 Å². The Morgan fingerprint density at radius 1 is 0.364 bits per heavy atom. The molecule has 0 atom stereocenters. The monoisotopic (exact) mass is 846 g/mol. The quantitative estimate of drug-likeness (QED) is 0.140. The lowest BCUT2D eigenvalue weighted by atomic mass is 9.80. The predicted molar refractivity (Wildman–Crippen MR) is 281 cm³/mol. The molecule has 1 aliphatic carbocycles. The summed E-state index contributed by atoms with van der Waals surface area (Å²) in [7, 11) is 0. The van der Waals surface area contributed by atoms with E-state index in [1.165, 1.54) is 115 Å². The summed E-state index contributed by atoms with van der Waals surface area (Å²) in [6, 6.07) is 87.3. The fraction of sp³-hybridized carbons (Fsp3) is 0.0938. The second kappa shape index (κ2) is 17.2. The summed E-state index contributed by atoms with van der Waals surface area (Å²) in [5.41, 5.74) is 18.1. The third-order valence-electron chi connectivity index (χ3n) is 14.0. The van der Waals surface area contributed by atoms with Gasteiger partial charge in [-0.2, -0.15) is 0 Å². The molecule has 10 aromatic carbocycles. The molecule has 1 saturated carbocycles. The number of hydrogen-bond donors (Lipinski definition) is 0. The summed E-state index contributed by atoms with van der Waals surface area (Å²) in [6.07, 6.45) is 6.44. The second-order valence-corrected chi connectivity index (χ2v) is 17.9. The first kappa shape index (κ1) is 39.6. The normalized spacial score (nSPS) is 13.1. The number of benzene rings is 10. The summed E-state index contributed by atoms with van der Waals surface area (Å²) in [4.78, 5) is 2.52. The molecule has 316 valence electrons. The van der Waals surface area contributed by atoms with Crippen molar-refractivity contribution in [3.63, 3.8) is 0 Å². The first-order valence-electron chi connectivity index (χ1n) is 23.6. The fourth-order valence-electron chi connectivity index (χ4n) is 10.9. The molecule has 12 rings (SSSR count). The van der Waals surface area contributed by atoms with Gasteiger partial charge in [0.15, 0.2) is 0 Å². The van der Waals surface area contributed by atoms with Crippen molar-refractivity contribution < 1.29 is 0 Å². The standard InChI is InChI=1S/C64H50N2/c1-4-19-45(20-5-1)46-37-39-48(40-38-46)54-29-10-13-34-60(54)66(61-35-14-11-30-56(61)58-33-18-24-49-23-17-32-55(64(49)58)47-21-6-2-7-22-47)53-28-16-25-50(43-53)51-41-42-63-59(44-51)57-31-12-15-36-62(57)65(63)52-26-8-3-9-27-52/h1,3-5,8-20,23-44,47H,2,6-7,21-22H2. The Labute approximate surface area is 387 Å². The molecule has 0 aliphatic heterocycles. The van der Waals surface area contributed by atoms with Crippen LogP contribution >= 0.6 is 0 Å². The van der Waals surface area contributed by atoms with Gasteiger partial charge in [-0.3, -0.25) is 0 Å². The van der Waals surface area contributed by atoms with Gasteiger partial charge in [0.2, 0.25) is 0 Å². The smallest absolute Gasteiger partial charge is 0.0541 e. The maximum Gasteiger partial charge on any atom is 0.0541 e. The Morgan fingerprint density at radius 2 is 0.924 bits per heavy atom. The van der Waals surface area contributed by atoms with E-state index in [2.05, 4.69) is 246 Å². The molecule has 1 aliphatic rings. The van der Waals surface area contributed by atoms with Gasteiger partial charge >= 0.3 is 0 Å². The van der Waals surface area contributed by atoms with Crippen LogP contribution in [0.15, 0.2) is 237 Å². The molecule has 0 saturated heterocycles. The maximum absolute atomic E-state index is 2.52. The van der Waals surface area contributed by atoms with E-state index < -0.39 is 0 Å². The largest absolute Gasteiger partial charge is 0.309 e. The zero-order chi connectivity index (χ0) is 43.8. The maximum atomic E-state index is 2.52. The molecule has 2 heteroatoms. The van der Waals surface area contributed by atoms with E-state index in [0.29, 0.717) is 5.92 Å². The Morgan fingerprint density at radius 3 is 1.73 bits per heavy atom. The fourth-order valence-corrected chi connectivity index (χ4v) is 10.9. The summed E-state index contributed by atoms with van der Waals surface area (Å²) >= 11 is 0. The van der Waals surface area contributed by atoms with Crippen molar-refractivity contribution in [2.24, 2.45) is 0 Å². The number of rotatable bonds is 9. The zero-order valence-electron chi connectivity index (χ0n) is 37.0. The van der Waals surface area contributed by atoms with Gasteiger partial charge in [0.05, 0.1) is 22.4 Å². The number of para-hydroxylation sites is 4. The molecule has 66 heavy (non-hydrogen) atoms. The van der Waals surface area contributed by atoms with Crippen molar-refractivity contribution in [1.82, 2.24) is 4.57 Å². The molecule has 0 N–H and O–H groups in total. The van der Waals surface area contributed by atoms with E-state index in [0.717, 1.165) is 22.7 Å². The Balaban J connectivity index is 1.05. The number of nitrogens with zero attached hydrogens (tertiary/aromatic N) is 2. The molecule has 0 spiro atoms. The topological polar surface area (TPSA) is 8.17 Å². The molecule has 0 amide bonds. The van der Waals surface area contributed by atoms with Gasteiger partial charge in [0, 0.05) is 33.3 Å². The zero-order valence-corrected chi connectivity index (χ0v) is 37.0. The third kappa shape index (κ3) is 7.16. The number of anilines is 3. The van der Waals surface area contributed by atoms with Gasteiger partial charge in [-0.1, -0.05) is 201 Å². The van der Waals surface area contributed by atoms with E-state index in [-0.39, 0.29) is 0 Å². The van der Waals surface area contributed by atoms with Crippen LogP contribution in [0.1, 0.15) is 43.6 Å². The molecule has 1 fully saturated rings. The van der Waals surface area contributed by atoms with Crippen molar-refractivity contribution in [1.29, 1.82) is 0 Å². The van der Waals surface area contributed by atoms with Crippen LogP contribution in [-0.4, -0.2) is 4.57 Å². The number of hydrogen-bond acceptors (Lipinski definition) is 1. The summed E-state index contributed by atoms with van der Waals surface area (Å²) < 4.78 is 2.39. The van der Waals surface area contributed by atoms with E-state index in [1.54, 1.807) is 0 Å². The summed E-state index contributed by atoms with van der Waals surface area (Å²) in [6.45, 7) is 0. The highest BCUT2D eigenvalue weighted by molar-refractivity contribution is 6.11. The van der Waals surface area contributed by atoms with Crippen LogP contribution in [0.3, 0.4) is 0 Å². The highest BCUT2D eigenvalue weighted by atomic mass is 15.1. The molecule has 1 aromatic heterocycles. The van der Waals surface area contributed by atoms with Crippen LogP contribution in [0, 0.1) is 0 Å². The van der Waals surface area contributed by atoms with Gasteiger partial charge in [0.25, 0.3) is 0 Å². The van der Waals surface area contributed by atoms with Crippen molar-refractivity contribution in [2.75, 3.05) is 4.90 Å². The molecule has 0 unspecified atom stereocenters. The predicted octanol–water partition coefficient (Wildman–Crippen LogP) is 18.1. The van der Waals surface area contributed by atoms with Crippen molar-refractivity contribution in [2.45, 2.75) is 38.0 Å². The average molecular weight is 847 g/mol. The lowest BCUT2D eigenvalue weighted by Crippen LogP contribution is -2.13. The number of fused-ring (bicyclic) bond motifs is 4. The van der Waals surface area contributed by atoms with Gasteiger partial charge < -0.3 is 9.47 Å². The van der Waals surface area contributed by atoms with Crippen LogP contribution in [0.4, 0.5) is 17.1 Å². The van der Waals surface area contributed by atoms with E-state index >= 15 is 0 Å². The van der Waals surface area contributed by atoms with Crippen LogP contribution in [-0.2, 0) is 0 Å². The summed E-state index contributed by atoms with van der Waals surface area (Å²) in [5, 5.41) is 5.19. The van der Waals surface area contributed by atoms with Crippen LogP contribution in [0.25, 0.3) is 82.8 Å². The molecular weight excluding hydrogens is 797 g/mol. The van der Waals surface area contributed by atoms with Gasteiger partial charge in [-0.05, 0) is 123 Å². The molecule has 1 heterocycles. The van der Waals surface area contributed by atoms with E-state index in [9.17, 15) is 0 Å². The third-order valence-corrected chi connectivity index (χ3v) is 14.0. The minimum absolute atomic E-state index is 0.571. The molecule has 2 nitrogen and oxygen atoms in total. The Kier molecular flexibility index (Phi) is 10.3. The molecule has 0 bridgehead atoms. The van der Waals surface area contributed by atoms with Crippen LogP contribution in [0.2, 0.25) is 0 Å². The van der Waals surface area contributed by atoms with Crippen molar-refractivity contribution >= 4 is 49.6 Å². The van der Waals surface area contributed by atoms with Gasteiger partial charge in [0.1, 0.15) is 0 Å². The Bertz CT molecular complexity index is 3500. The van der Waals surface area contributed by atoms with Crippen LogP contribution < -0.4 is 4.90 Å². The average Bonchev–Trinajstić information content (AvgIpc) is 3.73. The SMILES string of the molecule is c1ccc(-c2ccc(-c3ccccc3N(c3cccc(-c4ccc5c(c4)c4ccccc4n5-c4ccccc4)c3)c3ccccc3-c3cccc4cccc(C5CCCCC5)c34)cc2)cc1. The van der Waals surface area contributed by atoms with Crippen LogP contribution in [0.5, 0.6) is 0 Å². The highest BCUT2D eigenvalue weighted by Gasteiger charge is 2.24. The second-order valence-electron chi connectivity index (χ2n) is 17.9. The minimum Gasteiger partial charge on any atom is -0.309 e.